The molecule has 7 heteroatoms. The molecule has 1 N–H and O–H groups in total. The summed E-state index contributed by atoms with van der Waals surface area (Å²) in [6.07, 6.45) is 7.64. The van der Waals surface area contributed by atoms with Gasteiger partial charge in [0.05, 0.1) is 11.2 Å². The molecule has 1 aromatic heterocycles. The molecule has 2 heterocycles. The Labute approximate surface area is 145 Å². The van der Waals surface area contributed by atoms with E-state index < -0.39 is 0 Å². The molecular weight excluding hydrogens is 330 g/mol. The van der Waals surface area contributed by atoms with E-state index in [-0.39, 0.29) is 5.91 Å². The number of nitrogens with one attached hydrogen (secondary N) is 1. The predicted molar refractivity (Wildman–Crippen MR) is 91.4 cm³/mol. The number of rotatable bonds is 5. The predicted octanol–water partition coefficient (Wildman–Crippen LogP) is 2.22. The summed E-state index contributed by atoms with van der Waals surface area (Å²) in [5.74, 6) is 0.997. The third kappa shape index (κ3) is 4.08. The standard InChI is InChI=1S/C17H18ClN3O3/c1-21-11-13(10-20-21)4-5-19-16(22)3-2-12-8-14(18)17-15(9-12)23-6-7-24-17/h2-3,8-11H,4-7H2,1H3,(H,19,22)/b3-2+. The van der Waals surface area contributed by atoms with Gasteiger partial charge in [-0.05, 0) is 35.8 Å². The zero-order valence-electron chi connectivity index (χ0n) is 13.3. The Morgan fingerprint density at radius 3 is 3.04 bits per heavy atom. The van der Waals surface area contributed by atoms with Crippen LogP contribution in [0, 0.1) is 0 Å². The van der Waals surface area contributed by atoms with Gasteiger partial charge in [0.25, 0.3) is 0 Å². The molecule has 1 aliphatic rings. The van der Waals surface area contributed by atoms with Crippen molar-refractivity contribution in [2.24, 2.45) is 7.05 Å². The molecule has 0 spiro atoms. The van der Waals surface area contributed by atoms with Crippen LogP contribution in [0.15, 0.2) is 30.6 Å². The second-order valence-electron chi connectivity index (χ2n) is 5.42. The molecule has 1 aromatic carbocycles. The molecule has 0 bridgehead atoms. The molecule has 1 aliphatic heterocycles. The van der Waals surface area contributed by atoms with E-state index in [0.29, 0.717) is 36.3 Å². The van der Waals surface area contributed by atoms with Gasteiger partial charge < -0.3 is 14.8 Å². The van der Waals surface area contributed by atoms with Crippen LogP contribution in [0.3, 0.4) is 0 Å². The zero-order valence-corrected chi connectivity index (χ0v) is 14.0. The van der Waals surface area contributed by atoms with Crippen molar-refractivity contribution in [3.05, 3.63) is 46.8 Å². The van der Waals surface area contributed by atoms with Crippen LogP contribution in [-0.4, -0.2) is 35.4 Å². The summed E-state index contributed by atoms with van der Waals surface area (Å²) in [6, 6.07) is 3.55. The summed E-state index contributed by atoms with van der Waals surface area (Å²) >= 11 is 6.17. The van der Waals surface area contributed by atoms with Crippen LogP contribution in [0.4, 0.5) is 0 Å². The average Bonchev–Trinajstić information content (AvgIpc) is 2.98. The van der Waals surface area contributed by atoms with Gasteiger partial charge >= 0.3 is 0 Å². The second-order valence-corrected chi connectivity index (χ2v) is 5.83. The summed E-state index contributed by atoms with van der Waals surface area (Å²) < 4.78 is 12.7. The van der Waals surface area contributed by atoms with Crippen molar-refractivity contribution in [3.8, 4) is 11.5 Å². The lowest BCUT2D eigenvalue weighted by molar-refractivity contribution is -0.116. The van der Waals surface area contributed by atoms with Gasteiger partial charge in [0.2, 0.25) is 5.91 Å². The van der Waals surface area contributed by atoms with E-state index >= 15 is 0 Å². The van der Waals surface area contributed by atoms with E-state index in [1.807, 2.05) is 13.2 Å². The first-order valence-corrected chi connectivity index (χ1v) is 8.02. The number of amides is 1. The van der Waals surface area contributed by atoms with Gasteiger partial charge in [-0.1, -0.05) is 11.6 Å². The average molecular weight is 348 g/mol. The number of nitrogens with zero attached hydrogens (tertiary/aromatic N) is 2. The molecule has 3 rings (SSSR count). The number of hydrogen-bond donors (Lipinski definition) is 1. The zero-order chi connectivity index (χ0) is 16.9. The summed E-state index contributed by atoms with van der Waals surface area (Å²) in [5, 5.41) is 7.40. The Morgan fingerprint density at radius 1 is 1.42 bits per heavy atom. The largest absolute Gasteiger partial charge is 0.486 e. The molecular formula is C17H18ClN3O3. The Morgan fingerprint density at radius 2 is 2.25 bits per heavy atom. The molecule has 0 aliphatic carbocycles. The van der Waals surface area contributed by atoms with Crippen LogP contribution in [0.2, 0.25) is 5.02 Å². The lowest BCUT2D eigenvalue weighted by atomic mass is 10.1. The highest BCUT2D eigenvalue weighted by molar-refractivity contribution is 6.32. The van der Waals surface area contributed by atoms with Gasteiger partial charge in [-0.15, -0.1) is 0 Å². The number of aromatic nitrogens is 2. The van der Waals surface area contributed by atoms with Crippen molar-refractivity contribution >= 4 is 23.6 Å². The summed E-state index contributed by atoms with van der Waals surface area (Å²) in [6.45, 7) is 1.53. The number of benzene rings is 1. The molecule has 126 valence electrons. The van der Waals surface area contributed by atoms with E-state index in [0.717, 1.165) is 17.5 Å². The van der Waals surface area contributed by atoms with Crippen molar-refractivity contribution in [2.45, 2.75) is 6.42 Å². The Balaban J connectivity index is 1.55. The monoisotopic (exact) mass is 347 g/mol. The summed E-state index contributed by atoms with van der Waals surface area (Å²) in [7, 11) is 1.86. The quantitative estimate of drug-likeness (QED) is 0.842. The molecule has 0 saturated heterocycles. The van der Waals surface area contributed by atoms with Crippen LogP contribution in [0.1, 0.15) is 11.1 Å². The number of aryl methyl sites for hydroxylation is 1. The fourth-order valence-electron chi connectivity index (χ4n) is 2.39. The van der Waals surface area contributed by atoms with E-state index in [4.69, 9.17) is 21.1 Å². The number of carbonyl (C=O) groups is 1. The summed E-state index contributed by atoms with van der Waals surface area (Å²) in [5.41, 5.74) is 1.87. The van der Waals surface area contributed by atoms with Crippen LogP contribution >= 0.6 is 11.6 Å². The number of ether oxygens (including phenoxy) is 2. The minimum Gasteiger partial charge on any atom is -0.486 e. The summed E-state index contributed by atoms with van der Waals surface area (Å²) in [4.78, 5) is 11.9. The highest BCUT2D eigenvalue weighted by atomic mass is 35.5. The number of carbonyl (C=O) groups excluding carboxylic acids is 1. The lowest BCUT2D eigenvalue weighted by Gasteiger charge is -2.19. The lowest BCUT2D eigenvalue weighted by Crippen LogP contribution is -2.23. The highest BCUT2D eigenvalue weighted by Crippen LogP contribution is 2.38. The van der Waals surface area contributed by atoms with Crippen molar-refractivity contribution in [1.82, 2.24) is 15.1 Å². The van der Waals surface area contributed by atoms with Gasteiger partial charge in [-0.2, -0.15) is 5.10 Å². The van der Waals surface area contributed by atoms with Crippen molar-refractivity contribution in [2.75, 3.05) is 19.8 Å². The molecule has 0 atom stereocenters. The molecule has 6 nitrogen and oxygen atoms in total. The Kier molecular flexibility index (Phi) is 5.05. The van der Waals surface area contributed by atoms with Gasteiger partial charge in [-0.3, -0.25) is 9.48 Å². The van der Waals surface area contributed by atoms with Gasteiger partial charge in [-0.25, -0.2) is 0 Å². The maximum atomic E-state index is 11.9. The fraction of sp³-hybridized carbons (Fsp3) is 0.294. The van der Waals surface area contributed by atoms with E-state index in [1.54, 1.807) is 29.1 Å². The maximum Gasteiger partial charge on any atom is 0.244 e. The SMILES string of the molecule is Cn1cc(CCNC(=O)/C=C/c2cc(Cl)c3c(c2)OCCO3)cn1. The van der Waals surface area contributed by atoms with Crippen LogP contribution in [-0.2, 0) is 18.3 Å². The first-order valence-electron chi connectivity index (χ1n) is 7.64. The van der Waals surface area contributed by atoms with E-state index in [1.165, 1.54) is 6.08 Å². The molecule has 2 aromatic rings. The van der Waals surface area contributed by atoms with E-state index in [9.17, 15) is 4.79 Å². The van der Waals surface area contributed by atoms with Crippen molar-refractivity contribution in [3.63, 3.8) is 0 Å². The van der Waals surface area contributed by atoms with Crippen LogP contribution in [0.25, 0.3) is 6.08 Å². The Bertz CT molecular complexity index is 770. The number of hydrogen-bond acceptors (Lipinski definition) is 4. The topological polar surface area (TPSA) is 65.4 Å². The third-order valence-electron chi connectivity index (χ3n) is 3.52. The molecule has 24 heavy (non-hydrogen) atoms. The smallest absolute Gasteiger partial charge is 0.244 e. The first-order chi connectivity index (χ1) is 11.6. The van der Waals surface area contributed by atoms with Crippen LogP contribution in [0.5, 0.6) is 11.5 Å². The molecule has 1 amide bonds. The van der Waals surface area contributed by atoms with Gasteiger partial charge in [0, 0.05) is 25.9 Å². The minimum absolute atomic E-state index is 0.162. The molecule has 0 radical (unpaired) electrons. The van der Waals surface area contributed by atoms with Gasteiger partial charge in [0.1, 0.15) is 13.2 Å². The van der Waals surface area contributed by atoms with Crippen molar-refractivity contribution < 1.29 is 14.3 Å². The normalized spacial score (nSPS) is 13.2. The molecule has 0 saturated carbocycles. The second kappa shape index (κ2) is 7.40. The van der Waals surface area contributed by atoms with Crippen molar-refractivity contribution in [1.29, 1.82) is 0 Å². The number of fused-ring (bicyclic) bond motifs is 1. The molecule has 0 fully saturated rings. The third-order valence-corrected chi connectivity index (χ3v) is 3.80. The first kappa shape index (κ1) is 16.4. The number of halogens is 1. The molecule has 0 unspecified atom stereocenters. The fourth-order valence-corrected chi connectivity index (χ4v) is 2.66. The highest BCUT2D eigenvalue weighted by Gasteiger charge is 2.15. The Hall–Kier alpha value is -2.47. The maximum absolute atomic E-state index is 11.9. The minimum atomic E-state index is -0.162. The van der Waals surface area contributed by atoms with Crippen LogP contribution < -0.4 is 14.8 Å². The van der Waals surface area contributed by atoms with Gasteiger partial charge in [0.15, 0.2) is 11.5 Å². The van der Waals surface area contributed by atoms with E-state index in [2.05, 4.69) is 10.4 Å².